The molecule has 1 aliphatic carbocycles. The van der Waals surface area contributed by atoms with E-state index in [2.05, 4.69) is 21.2 Å². The predicted octanol–water partition coefficient (Wildman–Crippen LogP) is 4.11. The van der Waals surface area contributed by atoms with Crippen LogP contribution < -0.4 is 10.2 Å². The first-order valence-electron chi connectivity index (χ1n) is 9.69. The molecule has 1 N–H and O–H groups in total. The highest BCUT2D eigenvalue weighted by molar-refractivity contribution is 9.10. The van der Waals surface area contributed by atoms with E-state index in [1.165, 1.54) is 4.90 Å². The minimum Gasteiger partial charge on any atom is -0.323 e. The fourth-order valence-corrected chi connectivity index (χ4v) is 4.52. The zero-order chi connectivity index (χ0) is 20.0. The fourth-order valence-electron chi connectivity index (χ4n) is 4.13. The summed E-state index contributed by atoms with van der Waals surface area (Å²) in [6.45, 7) is -0.00559. The summed E-state index contributed by atoms with van der Waals surface area (Å²) in [5.74, 6) is -0.420. The van der Waals surface area contributed by atoms with Crippen LogP contribution >= 0.6 is 15.9 Å². The van der Waals surface area contributed by atoms with Crippen LogP contribution in [0.2, 0.25) is 0 Å². The second kappa shape index (κ2) is 7.15. The molecule has 0 saturated carbocycles. The van der Waals surface area contributed by atoms with Crippen molar-refractivity contribution in [3.05, 3.63) is 70.0 Å². The molecule has 29 heavy (non-hydrogen) atoms. The van der Waals surface area contributed by atoms with E-state index in [9.17, 15) is 9.59 Å². The summed E-state index contributed by atoms with van der Waals surface area (Å²) < 4.78 is 2.85. The summed E-state index contributed by atoms with van der Waals surface area (Å²) in [6, 6.07) is 15.3. The van der Waals surface area contributed by atoms with E-state index >= 15 is 0 Å². The summed E-state index contributed by atoms with van der Waals surface area (Å²) >= 11 is 3.52. The topological polar surface area (TPSA) is 67.2 Å². The molecule has 2 aromatic carbocycles. The van der Waals surface area contributed by atoms with Gasteiger partial charge in [0.15, 0.2) is 5.69 Å². The normalized spacial score (nSPS) is 15.5. The van der Waals surface area contributed by atoms with Crippen LogP contribution in [0.5, 0.6) is 0 Å². The Bertz CT molecular complexity index is 1140. The molecule has 0 bridgehead atoms. The second-order valence-electron chi connectivity index (χ2n) is 7.33. The van der Waals surface area contributed by atoms with Crippen molar-refractivity contribution in [2.24, 2.45) is 0 Å². The Labute approximate surface area is 176 Å². The van der Waals surface area contributed by atoms with Crippen LogP contribution in [-0.4, -0.2) is 28.1 Å². The third-order valence-corrected chi connectivity index (χ3v) is 5.94. The van der Waals surface area contributed by atoms with Gasteiger partial charge in [-0.3, -0.25) is 14.5 Å². The van der Waals surface area contributed by atoms with Crippen LogP contribution in [0.1, 0.15) is 34.6 Å². The predicted molar refractivity (Wildman–Crippen MR) is 115 cm³/mol. The van der Waals surface area contributed by atoms with Gasteiger partial charge in [-0.1, -0.05) is 34.1 Å². The largest absolute Gasteiger partial charge is 0.323 e. The number of nitrogens with zero attached hydrogens (tertiary/aromatic N) is 3. The summed E-state index contributed by atoms with van der Waals surface area (Å²) in [5, 5.41) is 7.58. The molecule has 5 rings (SSSR count). The number of benzene rings is 2. The number of amides is 2. The number of aromatic nitrogens is 2. The van der Waals surface area contributed by atoms with Crippen LogP contribution in [0, 0.1) is 0 Å². The van der Waals surface area contributed by atoms with Crippen LogP contribution in [0.25, 0.3) is 5.69 Å². The molecule has 0 atom stereocenters. The Balaban J connectivity index is 1.62. The first-order valence-corrected chi connectivity index (χ1v) is 10.5. The number of hydrogen-bond acceptors (Lipinski definition) is 3. The number of carbonyl (C=O) groups excluding carboxylic acids is 2. The molecular formula is C22H19BrN4O2. The number of fused-ring (bicyclic) bond motifs is 2. The van der Waals surface area contributed by atoms with Crippen LogP contribution in [0.4, 0.5) is 11.4 Å². The number of anilines is 2. The molecule has 146 valence electrons. The van der Waals surface area contributed by atoms with Gasteiger partial charge >= 0.3 is 0 Å². The first kappa shape index (κ1) is 18.1. The second-order valence-corrected chi connectivity index (χ2v) is 8.24. The third kappa shape index (κ3) is 3.15. The average Bonchev–Trinajstić information content (AvgIpc) is 3.12. The van der Waals surface area contributed by atoms with Gasteiger partial charge in [-0.2, -0.15) is 5.10 Å². The maximum atomic E-state index is 13.6. The van der Waals surface area contributed by atoms with Gasteiger partial charge in [-0.05, 0) is 56.0 Å². The van der Waals surface area contributed by atoms with Crippen molar-refractivity contribution in [2.45, 2.75) is 25.7 Å². The number of carbonyl (C=O) groups is 2. The van der Waals surface area contributed by atoms with Crippen molar-refractivity contribution in [3.8, 4) is 5.69 Å². The Morgan fingerprint density at radius 3 is 2.76 bits per heavy atom. The number of para-hydroxylation sites is 2. The van der Waals surface area contributed by atoms with E-state index in [-0.39, 0.29) is 18.4 Å². The fraction of sp³-hybridized carbons (Fsp3) is 0.227. The van der Waals surface area contributed by atoms with Gasteiger partial charge in [0.1, 0.15) is 6.54 Å². The van der Waals surface area contributed by atoms with E-state index in [1.807, 2.05) is 53.2 Å². The molecule has 0 radical (unpaired) electrons. The molecule has 1 aliphatic heterocycles. The average molecular weight is 451 g/mol. The molecule has 0 unspecified atom stereocenters. The monoisotopic (exact) mass is 450 g/mol. The standard InChI is InChI=1S/C22H19BrN4O2/c23-14-6-5-7-15(12-14)27-18-10-3-1-8-16(18)21(25-27)22(29)26-13-20(28)24-17-9-2-4-11-19(17)26/h2,4-7,9,11-12H,1,3,8,10,13H2,(H,24,28). The van der Waals surface area contributed by atoms with Gasteiger partial charge in [0.2, 0.25) is 5.91 Å². The Morgan fingerprint density at radius 2 is 1.90 bits per heavy atom. The van der Waals surface area contributed by atoms with Gasteiger partial charge in [0.25, 0.3) is 5.91 Å². The summed E-state index contributed by atoms with van der Waals surface area (Å²) in [7, 11) is 0. The molecule has 0 fully saturated rings. The lowest BCUT2D eigenvalue weighted by Gasteiger charge is -2.28. The minimum absolute atomic E-state index is 0.00559. The van der Waals surface area contributed by atoms with Gasteiger partial charge in [-0.25, -0.2) is 4.68 Å². The van der Waals surface area contributed by atoms with Crippen LogP contribution in [0.3, 0.4) is 0 Å². The van der Waals surface area contributed by atoms with E-state index in [0.717, 1.165) is 47.1 Å². The lowest BCUT2D eigenvalue weighted by molar-refractivity contribution is -0.115. The van der Waals surface area contributed by atoms with E-state index in [4.69, 9.17) is 5.10 Å². The minimum atomic E-state index is -0.223. The summed E-state index contributed by atoms with van der Waals surface area (Å²) in [6.07, 6.45) is 3.83. The van der Waals surface area contributed by atoms with E-state index in [1.54, 1.807) is 0 Å². The molecule has 6 nitrogen and oxygen atoms in total. The third-order valence-electron chi connectivity index (χ3n) is 5.45. The van der Waals surface area contributed by atoms with Crippen molar-refractivity contribution in [3.63, 3.8) is 0 Å². The Kier molecular flexibility index (Phi) is 4.47. The number of nitrogens with one attached hydrogen (secondary N) is 1. The molecule has 0 saturated heterocycles. The van der Waals surface area contributed by atoms with Crippen molar-refractivity contribution in [2.75, 3.05) is 16.8 Å². The number of halogens is 1. The molecule has 0 spiro atoms. The van der Waals surface area contributed by atoms with Crippen molar-refractivity contribution in [1.29, 1.82) is 0 Å². The molecule has 1 aromatic heterocycles. The molecule has 7 heteroatoms. The zero-order valence-electron chi connectivity index (χ0n) is 15.7. The smallest absolute Gasteiger partial charge is 0.279 e. The molecule has 2 amide bonds. The lowest BCUT2D eigenvalue weighted by atomic mass is 9.95. The van der Waals surface area contributed by atoms with Crippen molar-refractivity contribution < 1.29 is 9.59 Å². The summed E-state index contributed by atoms with van der Waals surface area (Å²) in [4.78, 5) is 27.3. The highest BCUT2D eigenvalue weighted by Gasteiger charge is 2.33. The first-order chi connectivity index (χ1) is 14.1. The highest BCUT2D eigenvalue weighted by atomic mass is 79.9. The Hall–Kier alpha value is -2.93. The van der Waals surface area contributed by atoms with Gasteiger partial charge in [-0.15, -0.1) is 0 Å². The van der Waals surface area contributed by atoms with Gasteiger partial charge in [0, 0.05) is 15.7 Å². The lowest BCUT2D eigenvalue weighted by Crippen LogP contribution is -2.42. The number of hydrogen-bond donors (Lipinski definition) is 1. The van der Waals surface area contributed by atoms with Crippen molar-refractivity contribution >= 4 is 39.1 Å². The van der Waals surface area contributed by atoms with Crippen molar-refractivity contribution in [1.82, 2.24) is 9.78 Å². The highest BCUT2D eigenvalue weighted by Crippen LogP contribution is 2.33. The molecule has 3 aromatic rings. The Morgan fingerprint density at radius 1 is 1.07 bits per heavy atom. The van der Waals surface area contributed by atoms with E-state index in [0.29, 0.717) is 17.1 Å². The maximum Gasteiger partial charge on any atom is 0.279 e. The van der Waals surface area contributed by atoms with E-state index < -0.39 is 0 Å². The van der Waals surface area contributed by atoms with Crippen LogP contribution in [0.15, 0.2) is 53.0 Å². The maximum absolute atomic E-state index is 13.6. The SMILES string of the molecule is O=C1CN(C(=O)c2nn(-c3cccc(Br)c3)c3c2CCCC3)c2ccccc2N1. The zero-order valence-corrected chi connectivity index (χ0v) is 17.3. The van der Waals surface area contributed by atoms with Crippen LogP contribution in [-0.2, 0) is 17.6 Å². The molecule has 2 aliphatic rings. The summed E-state index contributed by atoms with van der Waals surface area (Å²) in [5.41, 5.74) is 4.82. The molecule has 2 heterocycles. The quantitative estimate of drug-likeness (QED) is 0.638. The van der Waals surface area contributed by atoms with Gasteiger partial charge < -0.3 is 5.32 Å². The molecular weight excluding hydrogens is 432 g/mol. The van der Waals surface area contributed by atoms with Gasteiger partial charge in [0.05, 0.1) is 17.1 Å². The number of rotatable bonds is 2.